The molecule has 90 valence electrons. The van der Waals surface area contributed by atoms with Gasteiger partial charge in [0.2, 0.25) is 0 Å². The normalized spacial score (nSPS) is 26.1. The van der Waals surface area contributed by atoms with Crippen LogP contribution in [0.3, 0.4) is 0 Å². The largest absolute Gasteiger partial charge is 0.391 e. The van der Waals surface area contributed by atoms with E-state index in [1.54, 1.807) is 0 Å². The Bertz CT molecular complexity index is 369. The van der Waals surface area contributed by atoms with Gasteiger partial charge in [0.15, 0.2) is 5.13 Å². The molecule has 5 heteroatoms. The van der Waals surface area contributed by atoms with Gasteiger partial charge in [0.05, 0.1) is 11.5 Å². The average Bonchev–Trinajstić information content (AvgIpc) is 2.59. The topological polar surface area (TPSA) is 36.4 Å². The van der Waals surface area contributed by atoms with Crippen LogP contribution >= 0.6 is 22.9 Å². The molecule has 2 heterocycles. The molecular formula is C11H17ClN2OS. The second-order valence-corrected chi connectivity index (χ2v) is 5.96. The lowest BCUT2D eigenvalue weighted by atomic mass is 9.94. The minimum Gasteiger partial charge on any atom is -0.391 e. The molecule has 1 N–H and O–H groups in total. The van der Waals surface area contributed by atoms with Crippen molar-refractivity contribution in [3.8, 4) is 0 Å². The lowest BCUT2D eigenvalue weighted by molar-refractivity contribution is 0.285. The number of nitrogens with zero attached hydrogens (tertiary/aromatic N) is 2. The maximum absolute atomic E-state index is 9.11. The summed E-state index contributed by atoms with van der Waals surface area (Å²) in [6.45, 7) is 5.54. The molecule has 1 aliphatic heterocycles. The van der Waals surface area contributed by atoms with Gasteiger partial charge in [0.25, 0.3) is 0 Å². The van der Waals surface area contributed by atoms with Crippen LogP contribution in [0, 0.1) is 5.92 Å². The van der Waals surface area contributed by atoms with Crippen molar-refractivity contribution >= 4 is 28.1 Å². The molecule has 1 saturated heterocycles. The molecule has 0 saturated carbocycles. The molecule has 0 aromatic carbocycles. The Kier molecular flexibility index (Phi) is 3.72. The first kappa shape index (κ1) is 12.1. The Labute approximate surface area is 105 Å². The number of halogens is 1. The van der Waals surface area contributed by atoms with E-state index in [4.69, 9.17) is 16.7 Å². The molecule has 1 aromatic heterocycles. The number of thiazole rings is 1. The van der Waals surface area contributed by atoms with Crippen molar-refractivity contribution < 1.29 is 5.11 Å². The molecule has 3 nitrogen and oxygen atoms in total. The summed E-state index contributed by atoms with van der Waals surface area (Å²) in [6, 6.07) is 0.512. The van der Waals surface area contributed by atoms with Crippen LogP contribution in [0.25, 0.3) is 0 Å². The number of aliphatic hydroxyl groups is 1. The smallest absolute Gasteiger partial charge is 0.187 e. The number of aromatic nitrogens is 1. The molecule has 0 aliphatic carbocycles. The highest BCUT2D eigenvalue weighted by Gasteiger charge is 2.25. The van der Waals surface area contributed by atoms with Crippen molar-refractivity contribution in [2.45, 2.75) is 39.3 Å². The predicted octanol–water partition coefficient (Wildman–Crippen LogP) is 2.91. The van der Waals surface area contributed by atoms with E-state index >= 15 is 0 Å². The highest BCUT2D eigenvalue weighted by atomic mass is 35.5. The molecule has 16 heavy (non-hydrogen) atoms. The first-order chi connectivity index (χ1) is 7.61. The van der Waals surface area contributed by atoms with E-state index in [1.165, 1.54) is 24.2 Å². The molecular weight excluding hydrogens is 244 g/mol. The van der Waals surface area contributed by atoms with E-state index in [0.29, 0.717) is 11.2 Å². The van der Waals surface area contributed by atoms with Crippen LogP contribution in [0.15, 0.2) is 0 Å². The number of anilines is 1. The summed E-state index contributed by atoms with van der Waals surface area (Å²) >= 11 is 7.46. The Morgan fingerprint density at radius 2 is 2.31 bits per heavy atom. The van der Waals surface area contributed by atoms with E-state index in [0.717, 1.165) is 22.5 Å². The Morgan fingerprint density at radius 1 is 1.56 bits per heavy atom. The SMILES string of the molecule is CC1CCN(c2nc(Cl)c(CO)s2)C(C)C1. The summed E-state index contributed by atoms with van der Waals surface area (Å²) in [7, 11) is 0. The minimum atomic E-state index is -0.0187. The molecule has 2 rings (SSSR count). The lowest BCUT2D eigenvalue weighted by Gasteiger charge is -2.36. The highest BCUT2D eigenvalue weighted by Crippen LogP contribution is 2.34. The van der Waals surface area contributed by atoms with Gasteiger partial charge in [-0.15, -0.1) is 0 Å². The van der Waals surface area contributed by atoms with Crippen molar-refractivity contribution in [3.63, 3.8) is 0 Å². The highest BCUT2D eigenvalue weighted by molar-refractivity contribution is 7.16. The number of hydrogen-bond acceptors (Lipinski definition) is 4. The van der Waals surface area contributed by atoms with E-state index in [-0.39, 0.29) is 6.61 Å². The van der Waals surface area contributed by atoms with Crippen LogP contribution in [0.2, 0.25) is 5.15 Å². The molecule has 0 amide bonds. The van der Waals surface area contributed by atoms with Gasteiger partial charge in [-0.2, -0.15) is 0 Å². The van der Waals surface area contributed by atoms with Gasteiger partial charge in [-0.25, -0.2) is 4.98 Å². The fourth-order valence-electron chi connectivity index (χ4n) is 2.23. The Balaban J connectivity index is 2.17. The van der Waals surface area contributed by atoms with Crippen LogP contribution in [-0.4, -0.2) is 22.7 Å². The summed E-state index contributed by atoms with van der Waals surface area (Å²) < 4.78 is 0. The standard InChI is InChI=1S/C11H17ClN2OS/c1-7-3-4-14(8(2)5-7)11-13-10(12)9(6-15)16-11/h7-8,15H,3-6H2,1-2H3. The fourth-order valence-corrected chi connectivity index (χ4v) is 3.48. The fraction of sp³-hybridized carbons (Fsp3) is 0.727. The number of piperidine rings is 1. The molecule has 2 unspecified atom stereocenters. The van der Waals surface area contributed by atoms with Gasteiger partial charge in [-0.1, -0.05) is 29.9 Å². The Morgan fingerprint density at radius 3 is 2.88 bits per heavy atom. The summed E-state index contributed by atoms with van der Waals surface area (Å²) in [5.41, 5.74) is 0. The summed E-state index contributed by atoms with van der Waals surface area (Å²) in [4.78, 5) is 7.40. The molecule has 1 fully saturated rings. The van der Waals surface area contributed by atoms with E-state index in [2.05, 4.69) is 23.7 Å². The number of rotatable bonds is 2. The van der Waals surface area contributed by atoms with Gasteiger partial charge in [0.1, 0.15) is 5.15 Å². The van der Waals surface area contributed by atoms with Crippen molar-refractivity contribution in [2.75, 3.05) is 11.4 Å². The second-order valence-electron chi connectivity index (χ2n) is 4.54. The molecule has 0 bridgehead atoms. The van der Waals surface area contributed by atoms with Crippen molar-refractivity contribution in [2.24, 2.45) is 5.92 Å². The zero-order valence-corrected chi connectivity index (χ0v) is 11.2. The number of aliphatic hydroxyl groups excluding tert-OH is 1. The quantitative estimate of drug-likeness (QED) is 0.888. The predicted molar refractivity (Wildman–Crippen MR) is 68.3 cm³/mol. The maximum atomic E-state index is 9.11. The summed E-state index contributed by atoms with van der Waals surface area (Å²) in [5, 5.41) is 10.5. The van der Waals surface area contributed by atoms with E-state index in [1.807, 2.05) is 0 Å². The zero-order chi connectivity index (χ0) is 11.7. The summed E-state index contributed by atoms with van der Waals surface area (Å²) in [5.74, 6) is 0.791. The molecule has 2 atom stereocenters. The van der Waals surface area contributed by atoms with Crippen LogP contribution in [0.5, 0.6) is 0 Å². The monoisotopic (exact) mass is 260 g/mol. The third-order valence-corrected chi connectivity index (χ3v) is 4.67. The van der Waals surface area contributed by atoms with Gasteiger partial charge < -0.3 is 10.0 Å². The van der Waals surface area contributed by atoms with Gasteiger partial charge in [-0.05, 0) is 25.7 Å². The molecule has 0 radical (unpaired) electrons. The van der Waals surface area contributed by atoms with Crippen LogP contribution in [0.1, 0.15) is 31.6 Å². The third kappa shape index (κ3) is 2.34. The first-order valence-corrected chi connectivity index (χ1v) is 6.84. The first-order valence-electron chi connectivity index (χ1n) is 5.64. The second kappa shape index (κ2) is 4.90. The van der Waals surface area contributed by atoms with Gasteiger partial charge in [-0.3, -0.25) is 0 Å². The average molecular weight is 261 g/mol. The van der Waals surface area contributed by atoms with Crippen LogP contribution < -0.4 is 4.90 Å². The van der Waals surface area contributed by atoms with Crippen molar-refractivity contribution in [1.82, 2.24) is 4.98 Å². The van der Waals surface area contributed by atoms with Crippen LogP contribution in [-0.2, 0) is 6.61 Å². The van der Waals surface area contributed by atoms with Crippen molar-refractivity contribution in [1.29, 1.82) is 0 Å². The van der Waals surface area contributed by atoms with Crippen molar-refractivity contribution in [3.05, 3.63) is 10.0 Å². The van der Waals surface area contributed by atoms with Gasteiger partial charge >= 0.3 is 0 Å². The lowest BCUT2D eigenvalue weighted by Crippen LogP contribution is -2.40. The zero-order valence-electron chi connectivity index (χ0n) is 9.61. The Hall–Kier alpha value is -0.320. The molecule has 1 aliphatic rings. The summed E-state index contributed by atoms with van der Waals surface area (Å²) in [6.07, 6.45) is 2.40. The number of hydrogen-bond donors (Lipinski definition) is 1. The van der Waals surface area contributed by atoms with E-state index < -0.39 is 0 Å². The minimum absolute atomic E-state index is 0.0187. The molecule has 1 aromatic rings. The van der Waals surface area contributed by atoms with Gasteiger partial charge in [0, 0.05) is 12.6 Å². The van der Waals surface area contributed by atoms with Crippen LogP contribution in [0.4, 0.5) is 5.13 Å². The third-order valence-electron chi connectivity index (χ3n) is 3.17. The van der Waals surface area contributed by atoms with E-state index in [9.17, 15) is 0 Å². The molecule has 0 spiro atoms. The maximum Gasteiger partial charge on any atom is 0.187 e.